The van der Waals surface area contributed by atoms with Crippen LogP contribution < -0.4 is 5.73 Å². The summed E-state index contributed by atoms with van der Waals surface area (Å²) in [5.41, 5.74) is 5.30. The third kappa shape index (κ3) is 5.04. The maximum absolute atomic E-state index is 11.1. The first-order chi connectivity index (χ1) is 8.00. The van der Waals surface area contributed by atoms with Gasteiger partial charge in [0, 0.05) is 19.7 Å². The Morgan fingerprint density at radius 2 is 1.94 bits per heavy atom. The Bertz CT molecular complexity index is 236. The monoisotopic (exact) mass is 242 g/mol. The number of ether oxygens (including phenoxy) is 1. The van der Waals surface area contributed by atoms with Crippen LogP contribution in [0.4, 0.5) is 0 Å². The predicted octanol–water partition coefficient (Wildman–Crippen LogP) is 1.39. The molecule has 0 radical (unpaired) electrons. The molecule has 0 spiro atoms. The summed E-state index contributed by atoms with van der Waals surface area (Å²) in [6.07, 6.45) is 3.51. The van der Waals surface area contributed by atoms with Crippen molar-refractivity contribution in [1.82, 2.24) is 4.90 Å². The van der Waals surface area contributed by atoms with Crippen molar-refractivity contribution in [2.24, 2.45) is 11.7 Å². The van der Waals surface area contributed by atoms with Crippen LogP contribution in [0.25, 0.3) is 0 Å². The van der Waals surface area contributed by atoms with E-state index in [1.165, 1.54) is 0 Å². The largest absolute Gasteiger partial charge is 0.378 e. The summed E-state index contributed by atoms with van der Waals surface area (Å²) in [5.74, 6) is 0.467. The molecule has 1 heterocycles. The molecular formula is C13H26N2O2. The number of hydrogen-bond donors (Lipinski definition) is 1. The molecule has 1 amide bonds. The van der Waals surface area contributed by atoms with E-state index in [9.17, 15) is 4.79 Å². The zero-order chi connectivity index (χ0) is 12.8. The Hall–Kier alpha value is -0.610. The number of primary amides is 1. The Balaban J connectivity index is 2.19. The van der Waals surface area contributed by atoms with Crippen molar-refractivity contribution in [3.63, 3.8) is 0 Å². The van der Waals surface area contributed by atoms with Crippen molar-refractivity contribution in [2.45, 2.75) is 52.2 Å². The minimum absolute atomic E-state index is 0.147. The normalized spacial score (nSPS) is 20.7. The lowest BCUT2D eigenvalue weighted by atomic mass is 10.1. The molecule has 4 nitrogen and oxygen atoms in total. The number of hydrogen-bond acceptors (Lipinski definition) is 3. The van der Waals surface area contributed by atoms with E-state index in [1.807, 2.05) is 6.92 Å². The first-order valence-corrected chi connectivity index (χ1v) is 6.65. The topological polar surface area (TPSA) is 55.6 Å². The van der Waals surface area contributed by atoms with Gasteiger partial charge in [0.25, 0.3) is 0 Å². The Labute approximate surface area is 104 Å². The number of rotatable bonds is 6. The molecule has 0 unspecified atom stereocenters. The number of piperidine rings is 1. The van der Waals surface area contributed by atoms with Crippen molar-refractivity contribution < 1.29 is 9.53 Å². The highest BCUT2D eigenvalue weighted by Crippen LogP contribution is 2.16. The Morgan fingerprint density at radius 1 is 1.35 bits per heavy atom. The van der Waals surface area contributed by atoms with Crippen LogP contribution in [0, 0.1) is 5.92 Å². The van der Waals surface area contributed by atoms with Gasteiger partial charge in [-0.3, -0.25) is 9.69 Å². The van der Waals surface area contributed by atoms with Gasteiger partial charge in [-0.15, -0.1) is 0 Å². The van der Waals surface area contributed by atoms with Gasteiger partial charge in [0.05, 0.1) is 12.1 Å². The third-order valence-electron chi connectivity index (χ3n) is 3.48. The molecule has 0 aromatic carbocycles. The molecule has 2 N–H and O–H groups in total. The molecule has 0 saturated carbocycles. The molecule has 1 atom stereocenters. The highest BCUT2D eigenvalue weighted by atomic mass is 16.5. The predicted molar refractivity (Wildman–Crippen MR) is 68.7 cm³/mol. The molecule has 1 rings (SSSR count). The molecule has 0 bridgehead atoms. The standard InChI is InChI=1S/C13H26N2O2/c1-10(2)6-9-17-12-4-7-15(8-5-12)11(3)13(14)16/h10-12H,4-9H2,1-3H3,(H2,14,16)/t11-/m1/s1. The fourth-order valence-electron chi connectivity index (χ4n) is 2.08. The second kappa shape index (κ2) is 6.97. The van der Waals surface area contributed by atoms with Crippen LogP contribution in [-0.2, 0) is 9.53 Å². The van der Waals surface area contributed by atoms with Gasteiger partial charge < -0.3 is 10.5 Å². The smallest absolute Gasteiger partial charge is 0.234 e. The molecule has 4 heteroatoms. The zero-order valence-corrected chi connectivity index (χ0v) is 11.3. The lowest BCUT2D eigenvalue weighted by molar-refractivity contribution is -0.123. The van der Waals surface area contributed by atoms with Crippen LogP contribution in [0.5, 0.6) is 0 Å². The minimum atomic E-state index is -0.232. The summed E-state index contributed by atoms with van der Waals surface area (Å²) in [4.78, 5) is 13.2. The molecule has 0 aromatic heterocycles. The van der Waals surface area contributed by atoms with E-state index in [2.05, 4.69) is 18.7 Å². The van der Waals surface area contributed by atoms with Gasteiger partial charge in [-0.2, -0.15) is 0 Å². The van der Waals surface area contributed by atoms with Crippen LogP contribution in [0.15, 0.2) is 0 Å². The summed E-state index contributed by atoms with van der Waals surface area (Å²) >= 11 is 0. The lowest BCUT2D eigenvalue weighted by Crippen LogP contribution is -2.47. The van der Waals surface area contributed by atoms with Gasteiger partial charge in [0.2, 0.25) is 5.91 Å². The van der Waals surface area contributed by atoms with E-state index in [-0.39, 0.29) is 11.9 Å². The molecular weight excluding hydrogens is 216 g/mol. The maximum Gasteiger partial charge on any atom is 0.234 e. The van der Waals surface area contributed by atoms with Crippen molar-refractivity contribution >= 4 is 5.91 Å². The molecule has 100 valence electrons. The lowest BCUT2D eigenvalue weighted by Gasteiger charge is -2.34. The molecule has 1 aliphatic rings. The first-order valence-electron chi connectivity index (χ1n) is 6.65. The zero-order valence-electron chi connectivity index (χ0n) is 11.3. The van der Waals surface area contributed by atoms with Crippen LogP contribution in [0.1, 0.15) is 40.0 Å². The summed E-state index contributed by atoms with van der Waals surface area (Å²) in [5, 5.41) is 0. The molecule has 0 aromatic rings. The summed E-state index contributed by atoms with van der Waals surface area (Å²) < 4.78 is 5.84. The van der Waals surface area contributed by atoms with E-state index in [1.54, 1.807) is 0 Å². The van der Waals surface area contributed by atoms with E-state index < -0.39 is 0 Å². The van der Waals surface area contributed by atoms with E-state index in [0.29, 0.717) is 12.0 Å². The second-order valence-electron chi connectivity index (χ2n) is 5.37. The fraction of sp³-hybridized carbons (Fsp3) is 0.923. The number of nitrogens with two attached hydrogens (primary N) is 1. The summed E-state index contributed by atoms with van der Waals surface area (Å²) in [6, 6.07) is -0.147. The Kier molecular flexibility index (Phi) is 5.92. The van der Waals surface area contributed by atoms with Gasteiger partial charge in [-0.25, -0.2) is 0 Å². The van der Waals surface area contributed by atoms with E-state index in [4.69, 9.17) is 10.5 Å². The highest BCUT2D eigenvalue weighted by molar-refractivity contribution is 5.79. The average Bonchev–Trinajstić information content (AvgIpc) is 2.28. The van der Waals surface area contributed by atoms with Crippen LogP contribution in [0.3, 0.4) is 0 Å². The van der Waals surface area contributed by atoms with Crippen molar-refractivity contribution in [2.75, 3.05) is 19.7 Å². The van der Waals surface area contributed by atoms with Crippen molar-refractivity contribution in [1.29, 1.82) is 0 Å². The molecule has 1 aliphatic heterocycles. The number of nitrogens with zero attached hydrogens (tertiary/aromatic N) is 1. The fourth-order valence-corrected chi connectivity index (χ4v) is 2.08. The van der Waals surface area contributed by atoms with E-state index >= 15 is 0 Å². The van der Waals surface area contributed by atoms with Gasteiger partial charge in [-0.1, -0.05) is 13.8 Å². The van der Waals surface area contributed by atoms with Gasteiger partial charge >= 0.3 is 0 Å². The molecule has 0 aliphatic carbocycles. The van der Waals surface area contributed by atoms with Gasteiger partial charge in [0.1, 0.15) is 0 Å². The molecule has 1 fully saturated rings. The minimum Gasteiger partial charge on any atom is -0.378 e. The summed E-state index contributed by atoms with van der Waals surface area (Å²) in [6.45, 7) is 8.98. The van der Waals surface area contributed by atoms with Crippen molar-refractivity contribution in [3.05, 3.63) is 0 Å². The van der Waals surface area contributed by atoms with Crippen LogP contribution in [-0.4, -0.2) is 42.6 Å². The number of carbonyl (C=O) groups is 1. The van der Waals surface area contributed by atoms with Gasteiger partial charge in [-0.05, 0) is 32.1 Å². The SMILES string of the molecule is CC(C)CCOC1CCN([C@H](C)C(N)=O)CC1. The van der Waals surface area contributed by atoms with Crippen molar-refractivity contribution in [3.8, 4) is 0 Å². The quantitative estimate of drug-likeness (QED) is 0.765. The highest BCUT2D eigenvalue weighted by Gasteiger charge is 2.25. The number of amides is 1. The Morgan fingerprint density at radius 3 is 2.41 bits per heavy atom. The van der Waals surface area contributed by atoms with Gasteiger partial charge in [0.15, 0.2) is 0 Å². The first kappa shape index (κ1) is 14.5. The molecule has 17 heavy (non-hydrogen) atoms. The summed E-state index contributed by atoms with van der Waals surface area (Å²) in [7, 11) is 0. The maximum atomic E-state index is 11.1. The number of likely N-dealkylation sites (tertiary alicyclic amines) is 1. The van der Waals surface area contributed by atoms with Crippen LogP contribution >= 0.6 is 0 Å². The van der Waals surface area contributed by atoms with E-state index in [0.717, 1.165) is 39.0 Å². The second-order valence-corrected chi connectivity index (χ2v) is 5.37. The third-order valence-corrected chi connectivity index (χ3v) is 3.48. The average molecular weight is 242 g/mol. The molecule has 1 saturated heterocycles. The number of carbonyl (C=O) groups excluding carboxylic acids is 1. The van der Waals surface area contributed by atoms with Crippen LogP contribution in [0.2, 0.25) is 0 Å².